The van der Waals surface area contributed by atoms with Gasteiger partial charge in [0.05, 0.1) is 18.6 Å². The number of nitrogens with zero attached hydrogens (tertiary/aromatic N) is 3. The normalized spacial score (nSPS) is 20.5. The molecule has 1 aliphatic heterocycles. The molecule has 132 valence electrons. The molecule has 0 bridgehead atoms. The predicted octanol–water partition coefficient (Wildman–Crippen LogP) is 1.32. The van der Waals surface area contributed by atoms with Gasteiger partial charge in [-0.25, -0.2) is 4.98 Å². The summed E-state index contributed by atoms with van der Waals surface area (Å²) in [6.07, 6.45) is 1.67. The third kappa shape index (κ3) is 3.93. The van der Waals surface area contributed by atoms with Crippen molar-refractivity contribution in [3.63, 3.8) is 0 Å². The zero-order chi connectivity index (χ0) is 18.0. The lowest BCUT2D eigenvalue weighted by atomic mass is 10.1. The SMILES string of the molecule is Cc1nc(-c2ccccn2)[nH]c(=O)c1CC(=O)N1CC(C)OC(C)C1. The Morgan fingerprint density at radius 1 is 1.32 bits per heavy atom. The number of carbonyl (C=O) groups is 1. The molecule has 25 heavy (non-hydrogen) atoms. The van der Waals surface area contributed by atoms with E-state index in [4.69, 9.17) is 4.74 Å². The molecule has 0 aromatic carbocycles. The number of hydrogen-bond acceptors (Lipinski definition) is 5. The third-order valence-electron chi connectivity index (χ3n) is 4.23. The molecule has 0 saturated carbocycles. The number of aromatic amines is 1. The first-order valence-electron chi connectivity index (χ1n) is 8.38. The van der Waals surface area contributed by atoms with E-state index < -0.39 is 0 Å². The van der Waals surface area contributed by atoms with E-state index in [-0.39, 0.29) is 30.1 Å². The molecule has 0 radical (unpaired) electrons. The van der Waals surface area contributed by atoms with Crippen LogP contribution in [0.5, 0.6) is 0 Å². The van der Waals surface area contributed by atoms with Crippen LogP contribution < -0.4 is 5.56 Å². The highest BCUT2D eigenvalue weighted by Gasteiger charge is 2.27. The molecule has 1 saturated heterocycles. The molecule has 0 spiro atoms. The number of hydrogen-bond donors (Lipinski definition) is 1. The van der Waals surface area contributed by atoms with Crippen molar-refractivity contribution in [3.05, 3.63) is 46.0 Å². The fourth-order valence-corrected chi connectivity index (χ4v) is 3.09. The average Bonchev–Trinajstić information content (AvgIpc) is 2.57. The summed E-state index contributed by atoms with van der Waals surface area (Å²) in [5.41, 5.74) is 1.25. The van der Waals surface area contributed by atoms with Crippen LogP contribution in [0.15, 0.2) is 29.2 Å². The van der Waals surface area contributed by atoms with Crippen molar-refractivity contribution in [2.75, 3.05) is 13.1 Å². The van der Waals surface area contributed by atoms with Crippen LogP contribution >= 0.6 is 0 Å². The Bertz CT molecular complexity index is 809. The molecule has 1 aliphatic rings. The number of morpholine rings is 1. The van der Waals surface area contributed by atoms with Gasteiger partial charge in [0.1, 0.15) is 5.69 Å². The number of amides is 1. The maximum Gasteiger partial charge on any atom is 0.255 e. The average molecular weight is 342 g/mol. The quantitative estimate of drug-likeness (QED) is 0.909. The molecule has 3 heterocycles. The van der Waals surface area contributed by atoms with Crippen molar-refractivity contribution in [2.24, 2.45) is 0 Å². The number of aromatic nitrogens is 3. The zero-order valence-corrected chi connectivity index (χ0v) is 14.7. The van der Waals surface area contributed by atoms with Crippen LogP contribution in [0.25, 0.3) is 11.5 Å². The minimum atomic E-state index is -0.296. The molecule has 2 atom stereocenters. The van der Waals surface area contributed by atoms with E-state index in [1.54, 1.807) is 30.2 Å². The van der Waals surface area contributed by atoms with Crippen LogP contribution in [-0.4, -0.2) is 51.1 Å². The second-order valence-electron chi connectivity index (χ2n) is 6.43. The topological polar surface area (TPSA) is 88.2 Å². The van der Waals surface area contributed by atoms with Crippen molar-refractivity contribution in [2.45, 2.75) is 39.4 Å². The maximum absolute atomic E-state index is 12.6. The summed E-state index contributed by atoms with van der Waals surface area (Å²) in [4.78, 5) is 38.2. The first-order valence-corrected chi connectivity index (χ1v) is 8.38. The Balaban J connectivity index is 1.81. The molecule has 1 N–H and O–H groups in total. The fraction of sp³-hybridized carbons (Fsp3) is 0.444. The van der Waals surface area contributed by atoms with E-state index in [1.807, 2.05) is 19.9 Å². The van der Waals surface area contributed by atoms with Gasteiger partial charge in [0.25, 0.3) is 5.56 Å². The number of aryl methyl sites for hydroxylation is 1. The van der Waals surface area contributed by atoms with E-state index in [9.17, 15) is 9.59 Å². The van der Waals surface area contributed by atoms with Crippen molar-refractivity contribution < 1.29 is 9.53 Å². The van der Waals surface area contributed by atoms with Crippen LogP contribution in [0.1, 0.15) is 25.1 Å². The Morgan fingerprint density at radius 3 is 2.64 bits per heavy atom. The van der Waals surface area contributed by atoms with Crippen LogP contribution in [0.2, 0.25) is 0 Å². The van der Waals surface area contributed by atoms with Gasteiger partial charge in [-0.15, -0.1) is 0 Å². The van der Waals surface area contributed by atoms with Crippen LogP contribution in [0.3, 0.4) is 0 Å². The first-order chi connectivity index (χ1) is 11.9. The number of ether oxygens (including phenoxy) is 1. The highest BCUT2D eigenvalue weighted by atomic mass is 16.5. The number of pyridine rings is 1. The molecular formula is C18H22N4O3. The monoisotopic (exact) mass is 342 g/mol. The lowest BCUT2D eigenvalue weighted by Crippen LogP contribution is -2.49. The van der Waals surface area contributed by atoms with Gasteiger partial charge in [0, 0.05) is 30.5 Å². The summed E-state index contributed by atoms with van der Waals surface area (Å²) in [6.45, 7) is 6.71. The van der Waals surface area contributed by atoms with Crippen LogP contribution in [0, 0.1) is 6.92 Å². The van der Waals surface area contributed by atoms with E-state index in [2.05, 4.69) is 15.0 Å². The number of carbonyl (C=O) groups excluding carboxylic acids is 1. The Hall–Kier alpha value is -2.54. The molecule has 0 aliphatic carbocycles. The Kier molecular flexibility index (Phi) is 4.94. The molecule has 1 amide bonds. The number of nitrogens with one attached hydrogen (secondary N) is 1. The van der Waals surface area contributed by atoms with Gasteiger partial charge in [-0.3, -0.25) is 14.6 Å². The molecule has 7 heteroatoms. The summed E-state index contributed by atoms with van der Waals surface area (Å²) in [6, 6.07) is 5.40. The molecule has 2 aromatic rings. The van der Waals surface area contributed by atoms with Gasteiger partial charge in [-0.1, -0.05) is 6.07 Å². The van der Waals surface area contributed by atoms with Gasteiger partial charge in [0.2, 0.25) is 5.91 Å². The summed E-state index contributed by atoms with van der Waals surface area (Å²) in [5.74, 6) is 0.330. The summed E-state index contributed by atoms with van der Waals surface area (Å²) >= 11 is 0. The van der Waals surface area contributed by atoms with Gasteiger partial charge >= 0.3 is 0 Å². The summed E-state index contributed by atoms with van der Waals surface area (Å²) < 4.78 is 5.65. The van der Waals surface area contributed by atoms with Crippen molar-refractivity contribution in [3.8, 4) is 11.5 Å². The van der Waals surface area contributed by atoms with Crippen LogP contribution in [-0.2, 0) is 16.0 Å². The van der Waals surface area contributed by atoms with E-state index in [1.165, 1.54) is 0 Å². The number of H-pyrrole nitrogens is 1. The smallest absolute Gasteiger partial charge is 0.255 e. The molecular weight excluding hydrogens is 320 g/mol. The summed E-state index contributed by atoms with van der Waals surface area (Å²) in [5, 5.41) is 0. The minimum Gasteiger partial charge on any atom is -0.372 e. The lowest BCUT2D eigenvalue weighted by molar-refractivity contribution is -0.142. The highest BCUT2D eigenvalue weighted by molar-refractivity contribution is 5.79. The maximum atomic E-state index is 12.6. The third-order valence-corrected chi connectivity index (χ3v) is 4.23. The molecule has 2 aromatic heterocycles. The molecule has 2 unspecified atom stereocenters. The molecule has 1 fully saturated rings. The summed E-state index contributed by atoms with van der Waals surface area (Å²) in [7, 11) is 0. The van der Waals surface area contributed by atoms with Crippen molar-refractivity contribution >= 4 is 5.91 Å². The lowest BCUT2D eigenvalue weighted by Gasteiger charge is -2.35. The Labute approximate surface area is 146 Å². The first kappa shape index (κ1) is 17.3. The van der Waals surface area contributed by atoms with Crippen LogP contribution in [0.4, 0.5) is 0 Å². The highest BCUT2D eigenvalue weighted by Crippen LogP contribution is 2.14. The van der Waals surface area contributed by atoms with Crippen molar-refractivity contribution in [1.29, 1.82) is 0 Å². The molecule has 7 nitrogen and oxygen atoms in total. The zero-order valence-electron chi connectivity index (χ0n) is 14.7. The van der Waals surface area contributed by atoms with Gasteiger partial charge in [-0.05, 0) is 32.9 Å². The fourth-order valence-electron chi connectivity index (χ4n) is 3.09. The standard InChI is InChI=1S/C18H22N4O3/c1-11-9-22(10-12(2)25-11)16(23)8-14-13(3)20-17(21-18(14)24)15-6-4-5-7-19-15/h4-7,11-12H,8-10H2,1-3H3,(H,20,21,24). The van der Waals surface area contributed by atoms with E-state index >= 15 is 0 Å². The predicted molar refractivity (Wildman–Crippen MR) is 93.1 cm³/mol. The molecule has 3 rings (SSSR count). The van der Waals surface area contributed by atoms with Gasteiger partial charge in [-0.2, -0.15) is 0 Å². The largest absolute Gasteiger partial charge is 0.372 e. The van der Waals surface area contributed by atoms with E-state index in [0.717, 1.165) is 0 Å². The van der Waals surface area contributed by atoms with E-state index in [0.29, 0.717) is 35.9 Å². The van der Waals surface area contributed by atoms with Crippen molar-refractivity contribution in [1.82, 2.24) is 19.9 Å². The van der Waals surface area contributed by atoms with Gasteiger partial charge < -0.3 is 14.6 Å². The Morgan fingerprint density at radius 2 is 2.04 bits per heavy atom. The van der Waals surface area contributed by atoms with Gasteiger partial charge in [0.15, 0.2) is 5.82 Å². The second kappa shape index (κ2) is 7.14. The number of rotatable bonds is 3. The minimum absolute atomic E-state index is 0.00302. The second-order valence-corrected chi connectivity index (χ2v) is 6.43.